The number of ether oxygens (including phenoxy) is 1. The second kappa shape index (κ2) is 11.3. The van der Waals surface area contributed by atoms with Crippen molar-refractivity contribution in [2.45, 2.75) is 13.0 Å². The molecule has 1 amide bonds. The van der Waals surface area contributed by atoms with Crippen LogP contribution >= 0.6 is 24.8 Å². The van der Waals surface area contributed by atoms with E-state index in [-0.39, 0.29) is 54.3 Å². The summed E-state index contributed by atoms with van der Waals surface area (Å²) >= 11 is 0. The number of hydrogen-bond donors (Lipinski definition) is 0. The zero-order chi connectivity index (χ0) is 21.3. The topological polar surface area (TPSA) is 53.1 Å². The maximum Gasteiger partial charge on any atom is 0.335 e. The molecule has 1 aromatic carbocycles. The van der Waals surface area contributed by atoms with Gasteiger partial charge in [0.25, 0.3) is 0 Å². The third-order valence-corrected chi connectivity index (χ3v) is 6.39. The van der Waals surface area contributed by atoms with Gasteiger partial charge < -0.3 is 9.64 Å². The highest BCUT2D eigenvalue weighted by Crippen LogP contribution is 2.41. The van der Waals surface area contributed by atoms with Crippen molar-refractivity contribution in [2.24, 2.45) is 11.8 Å². The first-order valence-electron chi connectivity index (χ1n) is 10.4. The molecule has 0 aromatic heterocycles. The van der Waals surface area contributed by atoms with Crippen LogP contribution in [0.3, 0.4) is 0 Å². The Kier molecular flexibility index (Phi) is 9.28. The SMILES string of the molecule is COC(=O)C1=CN(C)C(=O)[C@@H]2C(CN3CCN(Cc4ccc(F)cc4)CC3)=CC[C@H]12.Cl.Cl. The Bertz CT molecular complexity index is 883. The van der Waals surface area contributed by atoms with E-state index in [0.29, 0.717) is 12.0 Å². The van der Waals surface area contributed by atoms with Gasteiger partial charge in [-0.3, -0.25) is 14.6 Å². The van der Waals surface area contributed by atoms with E-state index in [4.69, 9.17) is 4.74 Å². The van der Waals surface area contributed by atoms with Gasteiger partial charge in [-0.05, 0) is 29.7 Å². The van der Waals surface area contributed by atoms with Gasteiger partial charge in [0.1, 0.15) is 5.82 Å². The standard InChI is InChI=1S/C23H28FN3O3.2ClH/c1-25-15-20(23(29)30-2)19-8-5-17(21(19)22(25)28)14-27-11-9-26(10-12-27)13-16-3-6-18(24)7-4-16;;/h3-7,15,19,21H,8-14H2,1-2H3;2*1H/t19-,21-;;/m1../s1. The highest BCUT2D eigenvalue weighted by atomic mass is 35.5. The van der Waals surface area contributed by atoms with Crippen molar-refractivity contribution < 1.29 is 18.7 Å². The normalized spacial score (nSPS) is 23.5. The Morgan fingerprint density at radius 3 is 2.25 bits per heavy atom. The zero-order valence-corrected chi connectivity index (χ0v) is 20.0. The van der Waals surface area contributed by atoms with Crippen molar-refractivity contribution in [2.75, 3.05) is 46.9 Å². The number of halogens is 3. The summed E-state index contributed by atoms with van der Waals surface area (Å²) in [4.78, 5) is 31.3. The minimum absolute atomic E-state index is 0. The molecule has 4 rings (SSSR count). The number of fused-ring (bicyclic) bond motifs is 1. The molecular formula is C23H30Cl2FN3O3. The molecule has 3 aliphatic rings. The van der Waals surface area contributed by atoms with Crippen LogP contribution in [0.4, 0.5) is 4.39 Å². The summed E-state index contributed by atoms with van der Waals surface area (Å²) < 4.78 is 18.0. The zero-order valence-electron chi connectivity index (χ0n) is 18.3. The van der Waals surface area contributed by atoms with Gasteiger partial charge in [0.15, 0.2) is 0 Å². The molecule has 2 heterocycles. The van der Waals surface area contributed by atoms with Gasteiger partial charge in [0, 0.05) is 58.4 Å². The van der Waals surface area contributed by atoms with E-state index in [2.05, 4.69) is 15.9 Å². The first-order valence-corrected chi connectivity index (χ1v) is 10.4. The van der Waals surface area contributed by atoms with Crippen molar-refractivity contribution in [1.82, 2.24) is 14.7 Å². The molecule has 1 aromatic rings. The van der Waals surface area contributed by atoms with Crippen LogP contribution in [0, 0.1) is 17.7 Å². The predicted octanol–water partition coefficient (Wildman–Crippen LogP) is 2.88. The summed E-state index contributed by atoms with van der Waals surface area (Å²) in [5.41, 5.74) is 2.81. The number of methoxy groups -OCH3 is 1. The Labute approximate surface area is 200 Å². The quantitative estimate of drug-likeness (QED) is 0.474. The van der Waals surface area contributed by atoms with Crippen molar-refractivity contribution in [3.05, 3.63) is 59.1 Å². The molecule has 0 saturated carbocycles. The third-order valence-electron chi connectivity index (χ3n) is 6.39. The maximum absolute atomic E-state index is 13.1. The van der Waals surface area contributed by atoms with Gasteiger partial charge in [-0.15, -0.1) is 24.8 Å². The monoisotopic (exact) mass is 485 g/mol. The molecule has 0 N–H and O–H groups in total. The summed E-state index contributed by atoms with van der Waals surface area (Å²) in [5.74, 6) is -0.901. The predicted molar refractivity (Wildman–Crippen MR) is 125 cm³/mol. The van der Waals surface area contributed by atoms with E-state index < -0.39 is 0 Å². The molecular weight excluding hydrogens is 456 g/mol. The number of amides is 1. The number of rotatable bonds is 5. The van der Waals surface area contributed by atoms with Crippen LogP contribution in [0.15, 0.2) is 47.7 Å². The molecule has 6 nitrogen and oxygen atoms in total. The summed E-state index contributed by atoms with van der Waals surface area (Å²) in [6.45, 7) is 5.26. The van der Waals surface area contributed by atoms with Crippen molar-refractivity contribution in [3.63, 3.8) is 0 Å². The molecule has 1 aliphatic carbocycles. The highest BCUT2D eigenvalue weighted by Gasteiger charge is 2.44. The molecule has 0 bridgehead atoms. The second-order valence-electron chi connectivity index (χ2n) is 8.30. The molecule has 176 valence electrons. The van der Waals surface area contributed by atoms with Crippen LogP contribution in [-0.2, 0) is 20.9 Å². The molecule has 1 fully saturated rings. The van der Waals surface area contributed by atoms with Crippen LogP contribution in [0.5, 0.6) is 0 Å². The Hall–Kier alpha value is -1.93. The molecule has 0 unspecified atom stereocenters. The van der Waals surface area contributed by atoms with Crippen LogP contribution < -0.4 is 0 Å². The fourth-order valence-corrected chi connectivity index (χ4v) is 4.72. The average molecular weight is 486 g/mol. The fourth-order valence-electron chi connectivity index (χ4n) is 4.72. The number of piperazine rings is 1. The third kappa shape index (κ3) is 5.52. The minimum Gasteiger partial charge on any atom is -0.466 e. The summed E-state index contributed by atoms with van der Waals surface area (Å²) in [6.07, 6.45) is 4.46. The molecule has 0 spiro atoms. The Morgan fingerprint density at radius 2 is 1.66 bits per heavy atom. The van der Waals surface area contributed by atoms with Gasteiger partial charge in [-0.1, -0.05) is 18.2 Å². The van der Waals surface area contributed by atoms with E-state index in [1.807, 2.05) is 12.1 Å². The van der Waals surface area contributed by atoms with Crippen LogP contribution in [0.2, 0.25) is 0 Å². The molecule has 2 aliphatic heterocycles. The number of carbonyl (C=O) groups excluding carboxylic acids is 2. The number of benzene rings is 1. The maximum atomic E-state index is 13.1. The molecule has 32 heavy (non-hydrogen) atoms. The van der Waals surface area contributed by atoms with Crippen LogP contribution in [0.1, 0.15) is 12.0 Å². The summed E-state index contributed by atoms with van der Waals surface area (Å²) in [5, 5.41) is 0. The number of esters is 1. The van der Waals surface area contributed by atoms with E-state index in [0.717, 1.165) is 50.4 Å². The lowest BCUT2D eigenvalue weighted by molar-refractivity contribution is -0.138. The van der Waals surface area contributed by atoms with E-state index in [9.17, 15) is 14.0 Å². The van der Waals surface area contributed by atoms with E-state index in [1.165, 1.54) is 24.1 Å². The number of hydrogen-bond acceptors (Lipinski definition) is 5. The van der Waals surface area contributed by atoms with Crippen LogP contribution in [0.25, 0.3) is 0 Å². The minimum atomic E-state index is -0.353. The first-order chi connectivity index (χ1) is 14.5. The highest BCUT2D eigenvalue weighted by molar-refractivity contribution is 5.95. The van der Waals surface area contributed by atoms with Gasteiger partial charge in [-0.25, -0.2) is 9.18 Å². The summed E-state index contributed by atoms with van der Waals surface area (Å²) in [7, 11) is 3.08. The lowest BCUT2D eigenvalue weighted by Crippen LogP contribution is -2.47. The number of carbonyl (C=O) groups is 2. The summed E-state index contributed by atoms with van der Waals surface area (Å²) in [6, 6.07) is 6.68. The Morgan fingerprint density at radius 1 is 1.06 bits per heavy atom. The molecule has 0 radical (unpaired) electrons. The smallest absolute Gasteiger partial charge is 0.335 e. The molecule has 1 saturated heterocycles. The number of nitrogens with zero attached hydrogens (tertiary/aromatic N) is 3. The average Bonchev–Trinajstić information content (AvgIpc) is 3.17. The lowest BCUT2D eigenvalue weighted by Gasteiger charge is -2.37. The second-order valence-corrected chi connectivity index (χ2v) is 8.30. The Balaban J connectivity index is 0.00000181. The number of allylic oxidation sites excluding steroid dienone is 1. The van der Waals surface area contributed by atoms with Gasteiger partial charge in [-0.2, -0.15) is 0 Å². The largest absolute Gasteiger partial charge is 0.466 e. The molecule has 2 atom stereocenters. The lowest BCUT2D eigenvalue weighted by atomic mass is 9.82. The van der Waals surface area contributed by atoms with Crippen LogP contribution in [-0.4, -0.2) is 73.5 Å². The van der Waals surface area contributed by atoms with Crippen molar-refractivity contribution in [3.8, 4) is 0 Å². The molecule has 9 heteroatoms. The van der Waals surface area contributed by atoms with Crippen molar-refractivity contribution >= 4 is 36.7 Å². The van der Waals surface area contributed by atoms with Gasteiger partial charge in [0.2, 0.25) is 5.91 Å². The van der Waals surface area contributed by atoms with E-state index >= 15 is 0 Å². The van der Waals surface area contributed by atoms with Crippen molar-refractivity contribution in [1.29, 1.82) is 0 Å². The van der Waals surface area contributed by atoms with E-state index in [1.54, 1.807) is 13.2 Å². The fraction of sp³-hybridized carbons (Fsp3) is 0.478. The first kappa shape index (κ1) is 26.3. The van der Waals surface area contributed by atoms with Gasteiger partial charge in [0.05, 0.1) is 18.6 Å². The van der Waals surface area contributed by atoms with Gasteiger partial charge >= 0.3 is 5.97 Å².